The summed E-state index contributed by atoms with van der Waals surface area (Å²) < 4.78 is 0. The van der Waals surface area contributed by atoms with Gasteiger partial charge in [0, 0.05) is 24.8 Å². The molecule has 2 heterocycles. The van der Waals surface area contributed by atoms with E-state index in [0.29, 0.717) is 6.04 Å². The molecule has 86 valence electrons. The van der Waals surface area contributed by atoms with Crippen molar-refractivity contribution >= 4 is 5.69 Å². The predicted molar refractivity (Wildman–Crippen MR) is 67.9 cm³/mol. The molecule has 0 radical (unpaired) electrons. The van der Waals surface area contributed by atoms with Crippen molar-refractivity contribution in [1.29, 1.82) is 0 Å². The number of fused-ring (bicyclic) bond motifs is 1. The van der Waals surface area contributed by atoms with E-state index < -0.39 is 0 Å². The maximum Gasteiger partial charge on any atom is 0.0440 e. The van der Waals surface area contributed by atoms with Gasteiger partial charge < -0.3 is 10.2 Å². The summed E-state index contributed by atoms with van der Waals surface area (Å²) in [6, 6.07) is 9.57. The van der Waals surface area contributed by atoms with Crippen molar-refractivity contribution in [2.45, 2.75) is 25.8 Å². The summed E-state index contributed by atoms with van der Waals surface area (Å²) in [5.41, 5.74) is 3.00. The van der Waals surface area contributed by atoms with Crippen LogP contribution in [0.5, 0.6) is 0 Å². The Hall–Kier alpha value is -1.02. The minimum atomic E-state index is 0.692. The summed E-state index contributed by atoms with van der Waals surface area (Å²) in [6.07, 6.45) is 2.53. The highest BCUT2D eigenvalue weighted by atomic mass is 15.2. The lowest BCUT2D eigenvalue weighted by atomic mass is 9.93. The molecule has 1 aromatic carbocycles. The highest BCUT2D eigenvalue weighted by Gasteiger charge is 2.30. The second-order valence-electron chi connectivity index (χ2n) is 5.11. The Balaban J connectivity index is 1.86. The van der Waals surface area contributed by atoms with Crippen LogP contribution >= 0.6 is 0 Å². The third kappa shape index (κ3) is 1.61. The average Bonchev–Trinajstić information content (AvgIpc) is 2.74. The molecule has 1 fully saturated rings. The van der Waals surface area contributed by atoms with Crippen LogP contribution in [0, 0.1) is 5.92 Å². The molecule has 0 amide bonds. The molecule has 2 unspecified atom stereocenters. The molecule has 0 spiro atoms. The first kappa shape index (κ1) is 10.2. The van der Waals surface area contributed by atoms with Gasteiger partial charge in [-0.05, 0) is 36.9 Å². The Bertz CT molecular complexity index is 375. The van der Waals surface area contributed by atoms with E-state index in [9.17, 15) is 0 Å². The Morgan fingerprint density at radius 2 is 2.19 bits per heavy atom. The third-order valence-corrected chi connectivity index (χ3v) is 4.11. The summed E-state index contributed by atoms with van der Waals surface area (Å²) in [4.78, 5) is 2.62. The lowest BCUT2D eigenvalue weighted by molar-refractivity contribution is 0.333. The molecule has 0 saturated carbocycles. The maximum atomic E-state index is 3.53. The van der Waals surface area contributed by atoms with Gasteiger partial charge in [-0.15, -0.1) is 0 Å². The van der Waals surface area contributed by atoms with Crippen molar-refractivity contribution in [3.8, 4) is 0 Å². The fraction of sp³-hybridized carbons (Fsp3) is 0.571. The van der Waals surface area contributed by atoms with E-state index in [1.165, 1.54) is 37.2 Å². The van der Waals surface area contributed by atoms with Crippen LogP contribution in [0.4, 0.5) is 5.69 Å². The topological polar surface area (TPSA) is 15.3 Å². The average molecular weight is 216 g/mol. The number of para-hydroxylation sites is 1. The van der Waals surface area contributed by atoms with Crippen LogP contribution in [0.15, 0.2) is 24.3 Å². The van der Waals surface area contributed by atoms with Gasteiger partial charge in [0.25, 0.3) is 0 Å². The zero-order valence-electron chi connectivity index (χ0n) is 9.95. The molecule has 2 heteroatoms. The SMILES string of the molecule is CC1CCNCC1N1CCc2ccccc21. The Morgan fingerprint density at radius 1 is 1.31 bits per heavy atom. The Labute approximate surface area is 97.6 Å². The van der Waals surface area contributed by atoms with Gasteiger partial charge in [-0.25, -0.2) is 0 Å². The number of nitrogens with one attached hydrogen (secondary N) is 1. The van der Waals surface area contributed by atoms with Crippen molar-refractivity contribution in [3.05, 3.63) is 29.8 Å². The molecule has 2 nitrogen and oxygen atoms in total. The first-order valence-electron chi connectivity index (χ1n) is 6.41. The number of hydrogen-bond donors (Lipinski definition) is 1. The molecule has 0 aliphatic carbocycles. The van der Waals surface area contributed by atoms with E-state index in [1.54, 1.807) is 0 Å². The van der Waals surface area contributed by atoms with E-state index in [1.807, 2.05) is 0 Å². The lowest BCUT2D eigenvalue weighted by Crippen LogP contribution is -2.50. The molecule has 1 saturated heterocycles. The number of benzene rings is 1. The van der Waals surface area contributed by atoms with Gasteiger partial charge in [-0.2, -0.15) is 0 Å². The predicted octanol–water partition coefficient (Wildman–Crippen LogP) is 2.05. The van der Waals surface area contributed by atoms with Crippen molar-refractivity contribution in [2.24, 2.45) is 5.92 Å². The van der Waals surface area contributed by atoms with Crippen LogP contribution in [-0.4, -0.2) is 25.7 Å². The standard InChI is InChI=1S/C14H20N2/c1-11-6-8-15-10-14(11)16-9-7-12-4-2-3-5-13(12)16/h2-5,11,14-15H,6-10H2,1H3. The van der Waals surface area contributed by atoms with E-state index in [0.717, 1.165) is 12.5 Å². The second-order valence-corrected chi connectivity index (χ2v) is 5.11. The zero-order chi connectivity index (χ0) is 11.0. The number of nitrogens with zero attached hydrogens (tertiary/aromatic N) is 1. The molecule has 3 rings (SSSR count). The Kier molecular flexibility index (Phi) is 2.60. The first-order valence-corrected chi connectivity index (χ1v) is 6.41. The van der Waals surface area contributed by atoms with Gasteiger partial charge in [-0.3, -0.25) is 0 Å². The summed E-state index contributed by atoms with van der Waals surface area (Å²) >= 11 is 0. The highest BCUT2D eigenvalue weighted by Crippen LogP contribution is 2.32. The third-order valence-electron chi connectivity index (χ3n) is 4.11. The zero-order valence-corrected chi connectivity index (χ0v) is 9.95. The van der Waals surface area contributed by atoms with Gasteiger partial charge in [0.2, 0.25) is 0 Å². The highest BCUT2D eigenvalue weighted by molar-refractivity contribution is 5.58. The monoisotopic (exact) mass is 216 g/mol. The van der Waals surface area contributed by atoms with Gasteiger partial charge in [-0.1, -0.05) is 25.1 Å². The quantitative estimate of drug-likeness (QED) is 0.773. The van der Waals surface area contributed by atoms with E-state index >= 15 is 0 Å². The molecule has 1 N–H and O–H groups in total. The number of anilines is 1. The smallest absolute Gasteiger partial charge is 0.0440 e. The van der Waals surface area contributed by atoms with Crippen molar-refractivity contribution in [1.82, 2.24) is 5.32 Å². The fourth-order valence-electron chi connectivity index (χ4n) is 3.10. The summed E-state index contributed by atoms with van der Waals surface area (Å²) in [6.45, 7) is 5.94. The van der Waals surface area contributed by atoms with Gasteiger partial charge in [0.1, 0.15) is 0 Å². The van der Waals surface area contributed by atoms with Gasteiger partial charge in [0.05, 0.1) is 0 Å². The Morgan fingerprint density at radius 3 is 3.06 bits per heavy atom. The number of piperidine rings is 1. The van der Waals surface area contributed by atoms with Crippen molar-refractivity contribution in [3.63, 3.8) is 0 Å². The molecular weight excluding hydrogens is 196 g/mol. The summed E-state index contributed by atoms with van der Waals surface area (Å²) in [5, 5.41) is 3.53. The van der Waals surface area contributed by atoms with Crippen LogP contribution in [0.2, 0.25) is 0 Å². The minimum Gasteiger partial charge on any atom is -0.366 e. The van der Waals surface area contributed by atoms with Crippen LogP contribution in [0.3, 0.4) is 0 Å². The van der Waals surface area contributed by atoms with Crippen molar-refractivity contribution < 1.29 is 0 Å². The van der Waals surface area contributed by atoms with E-state index in [4.69, 9.17) is 0 Å². The molecule has 1 aromatic rings. The van der Waals surface area contributed by atoms with Gasteiger partial charge in [0.15, 0.2) is 0 Å². The minimum absolute atomic E-state index is 0.692. The summed E-state index contributed by atoms with van der Waals surface area (Å²) in [5.74, 6) is 0.812. The molecular formula is C14H20N2. The maximum absolute atomic E-state index is 3.53. The van der Waals surface area contributed by atoms with Crippen LogP contribution in [0.25, 0.3) is 0 Å². The molecule has 2 atom stereocenters. The molecule has 2 aliphatic rings. The molecule has 0 bridgehead atoms. The first-order chi connectivity index (χ1) is 7.86. The molecule has 16 heavy (non-hydrogen) atoms. The van der Waals surface area contributed by atoms with Crippen molar-refractivity contribution in [2.75, 3.05) is 24.5 Å². The number of hydrogen-bond acceptors (Lipinski definition) is 2. The van der Waals surface area contributed by atoms with Gasteiger partial charge >= 0.3 is 0 Å². The number of rotatable bonds is 1. The lowest BCUT2D eigenvalue weighted by Gasteiger charge is -2.38. The molecule has 0 aromatic heterocycles. The second kappa shape index (κ2) is 4.10. The summed E-state index contributed by atoms with van der Waals surface area (Å²) in [7, 11) is 0. The van der Waals surface area contributed by atoms with E-state index in [-0.39, 0.29) is 0 Å². The normalized spacial score (nSPS) is 29.2. The fourth-order valence-corrected chi connectivity index (χ4v) is 3.10. The largest absolute Gasteiger partial charge is 0.366 e. The van der Waals surface area contributed by atoms with Crippen LogP contribution in [-0.2, 0) is 6.42 Å². The van der Waals surface area contributed by atoms with E-state index in [2.05, 4.69) is 41.4 Å². The van der Waals surface area contributed by atoms with Crippen LogP contribution in [0.1, 0.15) is 18.9 Å². The molecule has 2 aliphatic heterocycles. The van der Waals surface area contributed by atoms with Crippen LogP contribution < -0.4 is 10.2 Å².